The first-order valence-electron chi connectivity index (χ1n) is 5.94. The minimum absolute atomic E-state index is 0.155. The molecule has 96 valence electrons. The summed E-state index contributed by atoms with van der Waals surface area (Å²) in [6.07, 6.45) is 5.01. The first kappa shape index (κ1) is 13.2. The van der Waals surface area contributed by atoms with Crippen LogP contribution in [0.4, 0.5) is 0 Å². The highest BCUT2D eigenvalue weighted by Gasteiger charge is 2.12. The molecule has 0 saturated heterocycles. The SMILES string of the molecule is CCCn1ncnc1CC(N)c1ccc(Br)cn1. The Morgan fingerprint density at radius 1 is 1.39 bits per heavy atom. The molecular formula is C12H16BrN5. The Labute approximate surface area is 115 Å². The van der Waals surface area contributed by atoms with Crippen molar-refractivity contribution in [2.45, 2.75) is 32.4 Å². The second kappa shape index (κ2) is 6.06. The predicted octanol–water partition coefficient (Wildman–Crippen LogP) is 2.09. The Morgan fingerprint density at radius 3 is 2.89 bits per heavy atom. The molecule has 2 rings (SSSR count). The summed E-state index contributed by atoms with van der Waals surface area (Å²) in [4.78, 5) is 8.56. The Bertz CT molecular complexity index is 493. The number of aromatic nitrogens is 4. The molecule has 6 heteroatoms. The van der Waals surface area contributed by atoms with E-state index in [1.165, 1.54) is 0 Å². The van der Waals surface area contributed by atoms with Gasteiger partial charge in [-0.15, -0.1) is 0 Å². The molecule has 0 fully saturated rings. The van der Waals surface area contributed by atoms with E-state index in [1.54, 1.807) is 12.5 Å². The number of nitrogens with two attached hydrogens (primary N) is 1. The van der Waals surface area contributed by atoms with Crippen LogP contribution < -0.4 is 5.73 Å². The molecule has 2 aromatic rings. The fourth-order valence-corrected chi connectivity index (χ4v) is 1.99. The van der Waals surface area contributed by atoms with Crippen LogP contribution in [0.2, 0.25) is 0 Å². The predicted molar refractivity (Wildman–Crippen MR) is 72.9 cm³/mol. The van der Waals surface area contributed by atoms with Gasteiger partial charge in [0.1, 0.15) is 12.2 Å². The van der Waals surface area contributed by atoms with Gasteiger partial charge in [-0.05, 0) is 34.5 Å². The number of pyridine rings is 1. The first-order valence-corrected chi connectivity index (χ1v) is 6.73. The third-order valence-electron chi connectivity index (χ3n) is 2.66. The van der Waals surface area contributed by atoms with Crippen LogP contribution in [-0.4, -0.2) is 19.7 Å². The molecule has 0 aliphatic rings. The van der Waals surface area contributed by atoms with E-state index in [0.29, 0.717) is 6.42 Å². The van der Waals surface area contributed by atoms with Crippen molar-refractivity contribution < 1.29 is 0 Å². The summed E-state index contributed by atoms with van der Waals surface area (Å²) in [6, 6.07) is 3.71. The zero-order valence-electron chi connectivity index (χ0n) is 10.3. The third kappa shape index (κ3) is 3.14. The molecule has 0 spiro atoms. The smallest absolute Gasteiger partial charge is 0.138 e. The van der Waals surface area contributed by atoms with Gasteiger partial charge in [0.25, 0.3) is 0 Å². The van der Waals surface area contributed by atoms with Gasteiger partial charge in [-0.3, -0.25) is 9.67 Å². The lowest BCUT2D eigenvalue weighted by Gasteiger charge is -2.11. The molecule has 0 aliphatic carbocycles. The highest BCUT2D eigenvalue weighted by molar-refractivity contribution is 9.10. The average molecular weight is 310 g/mol. The molecule has 2 N–H and O–H groups in total. The van der Waals surface area contributed by atoms with Crippen molar-refractivity contribution >= 4 is 15.9 Å². The van der Waals surface area contributed by atoms with Crippen LogP contribution in [0.15, 0.2) is 29.1 Å². The van der Waals surface area contributed by atoms with Crippen LogP contribution in [0.1, 0.15) is 30.9 Å². The normalized spacial score (nSPS) is 12.6. The molecule has 0 aliphatic heterocycles. The summed E-state index contributed by atoms with van der Waals surface area (Å²) >= 11 is 3.36. The minimum Gasteiger partial charge on any atom is -0.322 e. The molecular weight excluding hydrogens is 294 g/mol. The number of halogens is 1. The minimum atomic E-state index is -0.155. The van der Waals surface area contributed by atoms with E-state index in [2.05, 4.69) is 37.9 Å². The van der Waals surface area contributed by atoms with Gasteiger partial charge in [0.2, 0.25) is 0 Å². The molecule has 0 saturated carbocycles. The van der Waals surface area contributed by atoms with Gasteiger partial charge in [0.15, 0.2) is 0 Å². The quantitative estimate of drug-likeness (QED) is 0.918. The average Bonchev–Trinajstić information content (AvgIpc) is 2.78. The topological polar surface area (TPSA) is 69.6 Å². The Hall–Kier alpha value is -1.27. The molecule has 5 nitrogen and oxygen atoms in total. The molecule has 1 atom stereocenters. The van der Waals surface area contributed by atoms with E-state index in [9.17, 15) is 0 Å². The maximum absolute atomic E-state index is 6.14. The summed E-state index contributed by atoms with van der Waals surface area (Å²) in [5, 5.41) is 4.19. The lowest BCUT2D eigenvalue weighted by molar-refractivity contribution is 0.545. The Kier molecular flexibility index (Phi) is 4.43. The number of hydrogen-bond acceptors (Lipinski definition) is 4. The van der Waals surface area contributed by atoms with Gasteiger partial charge in [0.05, 0.1) is 11.7 Å². The van der Waals surface area contributed by atoms with Crippen molar-refractivity contribution in [1.29, 1.82) is 0 Å². The molecule has 0 radical (unpaired) electrons. The largest absolute Gasteiger partial charge is 0.322 e. The maximum atomic E-state index is 6.14. The van der Waals surface area contributed by atoms with Crippen LogP contribution in [0.3, 0.4) is 0 Å². The number of hydrogen-bond donors (Lipinski definition) is 1. The second-order valence-electron chi connectivity index (χ2n) is 4.11. The van der Waals surface area contributed by atoms with Crippen LogP contribution in [0, 0.1) is 0 Å². The molecule has 2 aromatic heterocycles. The number of rotatable bonds is 5. The maximum Gasteiger partial charge on any atom is 0.138 e. The van der Waals surface area contributed by atoms with Crippen molar-refractivity contribution in [3.05, 3.63) is 40.6 Å². The molecule has 0 bridgehead atoms. The molecule has 2 heterocycles. The van der Waals surface area contributed by atoms with Crippen LogP contribution >= 0.6 is 15.9 Å². The van der Waals surface area contributed by atoms with E-state index < -0.39 is 0 Å². The summed E-state index contributed by atoms with van der Waals surface area (Å²) < 4.78 is 2.85. The van der Waals surface area contributed by atoms with Gasteiger partial charge in [-0.25, -0.2) is 4.98 Å². The van der Waals surface area contributed by atoms with Crippen molar-refractivity contribution in [3.63, 3.8) is 0 Å². The van der Waals surface area contributed by atoms with E-state index in [0.717, 1.165) is 29.0 Å². The Morgan fingerprint density at radius 2 is 2.22 bits per heavy atom. The summed E-state index contributed by atoms with van der Waals surface area (Å²) in [5.74, 6) is 0.911. The van der Waals surface area contributed by atoms with Crippen LogP contribution in [0.25, 0.3) is 0 Å². The van der Waals surface area contributed by atoms with E-state index in [1.807, 2.05) is 16.8 Å². The standard InChI is InChI=1S/C12H16BrN5/c1-2-5-18-12(16-8-17-18)6-10(14)11-4-3-9(13)7-15-11/h3-4,7-8,10H,2,5-6,14H2,1H3. The zero-order valence-corrected chi connectivity index (χ0v) is 11.8. The van der Waals surface area contributed by atoms with Crippen molar-refractivity contribution in [2.24, 2.45) is 5.73 Å². The van der Waals surface area contributed by atoms with Gasteiger partial charge in [0, 0.05) is 23.6 Å². The lowest BCUT2D eigenvalue weighted by atomic mass is 10.1. The molecule has 18 heavy (non-hydrogen) atoms. The van der Waals surface area contributed by atoms with Crippen LogP contribution in [-0.2, 0) is 13.0 Å². The van der Waals surface area contributed by atoms with E-state index in [4.69, 9.17) is 5.73 Å². The highest BCUT2D eigenvalue weighted by atomic mass is 79.9. The second-order valence-corrected chi connectivity index (χ2v) is 5.03. The highest BCUT2D eigenvalue weighted by Crippen LogP contribution is 2.15. The van der Waals surface area contributed by atoms with Crippen molar-refractivity contribution in [1.82, 2.24) is 19.7 Å². The summed E-state index contributed by atoms with van der Waals surface area (Å²) in [7, 11) is 0. The van der Waals surface area contributed by atoms with Crippen LogP contribution in [0.5, 0.6) is 0 Å². The van der Waals surface area contributed by atoms with E-state index >= 15 is 0 Å². The van der Waals surface area contributed by atoms with Gasteiger partial charge >= 0.3 is 0 Å². The van der Waals surface area contributed by atoms with Crippen molar-refractivity contribution in [2.75, 3.05) is 0 Å². The molecule has 0 amide bonds. The molecule has 0 aromatic carbocycles. The van der Waals surface area contributed by atoms with Gasteiger partial charge in [-0.1, -0.05) is 6.92 Å². The Balaban J connectivity index is 2.08. The summed E-state index contributed by atoms with van der Waals surface area (Å²) in [5.41, 5.74) is 7.01. The third-order valence-corrected chi connectivity index (χ3v) is 3.13. The molecule has 1 unspecified atom stereocenters. The van der Waals surface area contributed by atoms with Gasteiger partial charge < -0.3 is 5.73 Å². The van der Waals surface area contributed by atoms with E-state index in [-0.39, 0.29) is 6.04 Å². The van der Waals surface area contributed by atoms with Crippen molar-refractivity contribution in [3.8, 4) is 0 Å². The first-order chi connectivity index (χ1) is 8.70. The fraction of sp³-hybridized carbons (Fsp3) is 0.417. The zero-order chi connectivity index (χ0) is 13.0. The number of nitrogens with zero attached hydrogens (tertiary/aromatic N) is 4. The monoisotopic (exact) mass is 309 g/mol. The summed E-state index contributed by atoms with van der Waals surface area (Å²) in [6.45, 7) is 2.98. The van der Waals surface area contributed by atoms with Gasteiger partial charge in [-0.2, -0.15) is 5.10 Å². The fourth-order valence-electron chi connectivity index (χ4n) is 1.75. The number of aryl methyl sites for hydroxylation is 1. The lowest BCUT2D eigenvalue weighted by Crippen LogP contribution is -2.18.